The molecule has 0 bridgehead atoms. The lowest BCUT2D eigenvalue weighted by Gasteiger charge is -2.12. The number of methoxy groups -OCH3 is 1. The molecule has 4 nitrogen and oxygen atoms in total. The number of hydrogen-bond donors (Lipinski definition) is 1. The number of benzene rings is 2. The van der Waals surface area contributed by atoms with Crippen molar-refractivity contribution in [1.29, 1.82) is 0 Å². The van der Waals surface area contributed by atoms with Gasteiger partial charge in [-0.1, -0.05) is 43.8 Å². The van der Waals surface area contributed by atoms with Gasteiger partial charge in [0.25, 0.3) is 0 Å². The van der Waals surface area contributed by atoms with Gasteiger partial charge in [-0.25, -0.2) is 0 Å². The second-order valence-corrected chi connectivity index (χ2v) is 6.74. The van der Waals surface area contributed by atoms with Gasteiger partial charge in [0.1, 0.15) is 5.75 Å². The van der Waals surface area contributed by atoms with Crippen molar-refractivity contribution in [3.05, 3.63) is 83.1 Å². The van der Waals surface area contributed by atoms with Gasteiger partial charge in [0.2, 0.25) is 0 Å². The molecule has 140 valence electrons. The van der Waals surface area contributed by atoms with Crippen LogP contribution in [0.15, 0.2) is 55.1 Å². The molecule has 4 heteroatoms. The monoisotopic (exact) mass is 361 g/mol. The first-order chi connectivity index (χ1) is 13.0. The molecule has 1 heterocycles. The number of rotatable bonds is 7. The molecule has 0 atom stereocenters. The molecule has 1 aromatic heterocycles. The predicted molar refractivity (Wildman–Crippen MR) is 112 cm³/mol. The SMILES string of the molecule is C=C(Nc1cc(C)n(Cc2cc(OC)ccc2C)n1)c1ccccc1CC. The van der Waals surface area contributed by atoms with Crippen LogP contribution >= 0.6 is 0 Å². The topological polar surface area (TPSA) is 39.1 Å². The summed E-state index contributed by atoms with van der Waals surface area (Å²) in [6.45, 7) is 11.2. The zero-order valence-corrected chi connectivity index (χ0v) is 16.5. The van der Waals surface area contributed by atoms with E-state index in [1.54, 1.807) is 7.11 Å². The molecule has 3 rings (SSSR count). The maximum atomic E-state index is 5.35. The van der Waals surface area contributed by atoms with E-state index in [-0.39, 0.29) is 0 Å². The fourth-order valence-electron chi connectivity index (χ4n) is 3.18. The van der Waals surface area contributed by atoms with Gasteiger partial charge in [-0.3, -0.25) is 4.68 Å². The Bertz CT molecular complexity index is 956. The van der Waals surface area contributed by atoms with Crippen molar-refractivity contribution < 1.29 is 4.74 Å². The number of hydrogen-bond acceptors (Lipinski definition) is 3. The molecule has 3 aromatic rings. The summed E-state index contributed by atoms with van der Waals surface area (Å²) in [5, 5.41) is 8.09. The Morgan fingerprint density at radius 1 is 1.11 bits per heavy atom. The van der Waals surface area contributed by atoms with Gasteiger partial charge < -0.3 is 10.1 Å². The van der Waals surface area contributed by atoms with Crippen LogP contribution in [0, 0.1) is 13.8 Å². The van der Waals surface area contributed by atoms with E-state index in [1.807, 2.05) is 16.8 Å². The smallest absolute Gasteiger partial charge is 0.152 e. The van der Waals surface area contributed by atoms with E-state index in [2.05, 4.69) is 69.1 Å². The molecule has 0 amide bonds. The van der Waals surface area contributed by atoms with Gasteiger partial charge in [-0.2, -0.15) is 5.10 Å². The lowest BCUT2D eigenvalue weighted by atomic mass is 10.0. The van der Waals surface area contributed by atoms with Crippen LogP contribution in [0.5, 0.6) is 5.75 Å². The Morgan fingerprint density at radius 3 is 2.63 bits per heavy atom. The van der Waals surface area contributed by atoms with Crippen LogP contribution < -0.4 is 10.1 Å². The highest BCUT2D eigenvalue weighted by Crippen LogP contribution is 2.22. The van der Waals surface area contributed by atoms with Gasteiger partial charge in [0.05, 0.1) is 13.7 Å². The first-order valence-electron chi connectivity index (χ1n) is 9.24. The van der Waals surface area contributed by atoms with E-state index in [0.717, 1.165) is 34.9 Å². The predicted octanol–water partition coefficient (Wildman–Crippen LogP) is 5.20. The normalized spacial score (nSPS) is 10.7. The van der Waals surface area contributed by atoms with Gasteiger partial charge in [0, 0.05) is 23.0 Å². The Kier molecular flexibility index (Phi) is 5.65. The molecule has 0 saturated heterocycles. The first-order valence-corrected chi connectivity index (χ1v) is 9.24. The zero-order valence-electron chi connectivity index (χ0n) is 16.5. The molecular weight excluding hydrogens is 334 g/mol. The average Bonchev–Trinajstić information content (AvgIpc) is 3.02. The highest BCUT2D eigenvalue weighted by Gasteiger charge is 2.10. The van der Waals surface area contributed by atoms with Crippen molar-refractivity contribution in [3.63, 3.8) is 0 Å². The van der Waals surface area contributed by atoms with Gasteiger partial charge in [0.15, 0.2) is 5.82 Å². The van der Waals surface area contributed by atoms with Crippen LogP contribution in [-0.2, 0) is 13.0 Å². The van der Waals surface area contributed by atoms with E-state index in [9.17, 15) is 0 Å². The lowest BCUT2D eigenvalue weighted by molar-refractivity contribution is 0.414. The van der Waals surface area contributed by atoms with Gasteiger partial charge >= 0.3 is 0 Å². The van der Waals surface area contributed by atoms with Crippen molar-refractivity contribution in [2.45, 2.75) is 33.7 Å². The minimum Gasteiger partial charge on any atom is -0.497 e. The van der Waals surface area contributed by atoms with Crippen LogP contribution in [0.3, 0.4) is 0 Å². The van der Waals surface area contributed by atoms with Gasteiger partial charge in [-0.05, 0) is 49.1 Å². The van der Waals surface area contributed by atoms with Crippen molar-refractivity contribution in [1.82, 2.24) is 9.78 Å². The quantitative estimate of drug-likeness (QED) is 0.628. The maximum Gasteiger partial charge on any atom is 0.152 e. The van der Waals surface area contributed by atoms with E-state index < -0.39 is 0 Å². The Labute approximate surface area is 161 Å². The summed E-state index contributed by atoms with van der Waals surface area (Å²) in [4.78, 5) is 0. The summed E-state index contributed by atoms with van der Waals surface area (Å²) in [5.41, 5.74) is 6.80. The van der Waals surface area contributed by atoms with Crippen LogP contribution in [0.1, 0.15) is 34.9 Å². The van der Waals surface area contributed by atoms with E-state index in [4.69, 9.17) is 9.84 Å². The second-order valence-electron chi connectivity index (χ2n) is 6.74. The number of aryl methyl sites for hydroxylation is 3. The molecule has 0 spiro atoms. The fourth-order valence-corrected chi connectivity index (χ4v) is 3.18. The summed E-state index contributed by atoms with van der Waals surface area (Å²) in [7, 11) is 1.69. The number of anilines is 1. The minimum absolute atomic E-state index is 0.703. The molecule has 0 fully saturated rings. The zero-order chi connectivity index (χ0) is 19.4. The van der Waals surface area contributed by atoms with E-state index >= 15 is 0 Å². The molecule has 0 saturated carbocycles. The first kappa shape index (κ1) is 18.8. The standard InChI is InChI=1S/C23H27N3O/c1-6-19-9-7-8-10-22(19)18(4)24-23-13-17(3)26(25-23)15-20-14-21(27-5)12-11-16(20)2/h7-14H,4,6,15H2,1-3,5H3,(H,24,25). The number of aromatic nitrogens is 2. The van der Waals surface area contributed by atoms with Crippen LogP contribution in [0.2, 0.25) is 0 Å². The summed E-state index contributed by atoms with van der Waals surface area (Å²) < 4.78 is 7.36. The molecule has 0 aliphatic carbocycles. The third kappa shape index (κ3) is 4.22. The minimum atomic E-state index is 0.703. The highest BCUT2D eigenvalue weighted by atomic mass is 16.5. The van der Waals surface area contributed by atoms with Crippen molar-refractivity contribution in [3.8, 4) is 5.75 Å². The highest BCUT2D eigenvalue weighted by molar-refractivity contribution is 5.75. The maximum absolute atomic E-state index is 5.35. The lowest BCUT2D eigenvalue weighted by Crippen LogP contribution is -2.06. The van der Waals surface area contributed by atoms with E-state index in [1.165, 1.54) is 16.7 Å². The van der Waals surface area contributed by atoms with Crippen molar-refractivity contribution in [2.75, 3.05) is 12.4 Å². The molecule has 0 radical (unpaired) electrons. The number of nitrogens with zero attached hydrogens (tertiary/aromatic N) is 2. The molecule has 0 aliphatic heterocycles. The Morgan fingerprint density at radius 2 is 1.89 bits per heavy atom. The molecular formula is C23H27N3O. The second kappa shape index (κ2) is 8.12. The molecule has 0 unspecified atom stereocenters. The number of ether oxygens (including phenoxy) is 1. The average molecular weight is 361 g/mol. The largest absolute Gasteiger partial charge is 0.497 e. The summed E-state index contributed by atoms with van der Waals surface area (Å²) in [6, 6.07) is 16.5. The Balaban J connectivity index is 1.80. The number of nitrogens with one attached hydrogen (secondary N) is 1. The third-order valence-electron chi connectivity index (χ3n) is 4.86. The fraction of sp³-hybridized carbons (Fsp3) is 0.261. The summed E-state index contributed by atoms with van der Waals surface area (Å²) >= 11 is 0. The van der Waals surface area contributed by atoms with Crippen LogP contribution in [-0.4, -0.2) is 16.9 Å². The van der Waals surface area contributed by atoms with Crippen LogP contribution in [0.25, 0.3) is 5.70 Å². The van der Waals surface area contributed by atoms with Crippen molar-refractivity contribution in [2.24, 2.45) is 0 Å². The molecule has 0 aliphatic rings. The molecule has 1 N–H and O–H groups in total. The third-order valence-corrected chi connectivity index (χ3v) is 4.86. The van der Waals surface area contributed by atoms with E-state index in [0.29, 0.717) is 6.54 Å². The van der Waals surface area contributed by atoms with Gasteiger partial charge in [-0.15, -0.1) is 0 Å². The summed E-state index contributed by atoms with van der Waals surface area (Å²) in [5.74, 6) is 1.67. The summed E-state index contributed by atoms with van der Waals surface area (Å²) in [6.07, 6.45) is 0.972. The van der Waals surface area contributed by atoms with Crippen molar-refractivity contribution >= 4 is 11.5 Å². The Hall–Kier alpha value is -3.01. The molecule has 27 heavy (non-hydrogen) atoms. The van der Waals surface area contributed by atoms with Crippen LogP contribution in [0.4, 0.5) is 5.82 Å². The molecule has 2 aromatic carbocycles.